The van der Waals surface area contributed by atoms with E-state index in [-0.39, 0.29) is 5.82 Å². The summed E-state index contributed by atoms with van der Waals surface area (Å²) in [5.74, 6) is 0.299. The summed E-state index contributed by atoms with van der Waals surface area (Å²) < 4.78 is 18.1. The van der Waals surface area contributed by atoms with Crippen LogP contribution in [0.4, 0.5) is 21.8 Å². The molecular formula is C21H21FN4O2. The third kappa shape index (κ3) is 5.03. The van der Waals surface area contributed by atoms with E-state index in [0.29, 0.717) is 36.2 Å². The van der Waals surface area contributed by atoms with E-state index in [1.165, 1.54) is 12.1 Å². The van der Waals surface area contributed by atoms with Gasteiger partial charge in [-0.2, -0.15) is 4.98 Å². The number of ether oxygens (including phenoxy) is 1. The molecule has 0 unspecified atom stereocenters. The molecule has 2 aromatic carbocycles. The highest BCUT2D eigenvalue weighted by atomic mass is 19.1. The Hall–Kier alpha value is -3.48. The number of hydrogen-bond donors (Lipinski definition) is 2. The van der Waals surface area contributed by atoms with Crippen LogP contribution in [0, 0.1) is 12.7 Å². The average molecular weight is 380 g/mol. The predicted octanol–water partition coefficient (Wildman–Crippen LogP) is 4.46. The molecule has 0 radical (unpaired) electrons. The molecule has 1 aromatic heterocycles. The molecular weight excluding hydrogens is 359 g/mol. The fraction of sp³-hybridized carbons (Fsp3) is 0.190. The minimum atomic E-state index is -0.409. The number of carbonyl (C=O) groups is 1. The van der Waals surface area contributed by atoms with Crippen LogP contribution in [0.5, 0.6) is 0 Å². The van der Waals surface area contributed by atoms with E-state index in [1.807, 2.05) is 19.1 Å². The molecule has 2 N–H and O–H groups in total. The molecule has 0 fully saturated rings. The highest BCUT2D eigenvalue weighted by Crippen LogP contribution is 2.21. The zero-order valence-electron chi connectivity index (χ0n) is 15.7. The standard InChI is InChI=1S/C21H21FN4O2/c1-3-28-20(27)17-6-4-5-7-18(17)25-21-24-14(2)12-19(26-21)23-13-15-8-10-16(22)11-9-15/h4-12H,3,13H2,1-2H3,(H2,23,24,25,26). The van der Waals surface area contributed by atoms with Crippen LogP contribution in [-0.2, 0) is 11.3 Å². The Labute approximate surface area is 162 Å². The summed E-state index contributed by atoms with van der Waals surface area (Å²) in [4.78, 5) is 21.0. The lowest BCUT2D eigenvalue weighted by Gasteiger charge is -2.12. The number of esters is 1. The van der Waals surface area contributed by atoms with Gasteiger partial charge in [-0.25, -0.2) is 14.2 Å². The Bertz CT molecular complexity index is 961. The average Bonchev–Trinajstić information content (AvgIpc) is 2.68. The van der Waals surface area contributed by atoms with Crippen molar-refractivity contribution in [1.29, 1.82) is 0 Å². The first-order valence-corrected chi connectivity index (χ1v) is 8.92. The summed E-state index contributed by atoms with van der Waals surface area (Å²) in [6.45, 7) is 4.41. The predicted molar refractivity (Wildman–Crippen MR) is 106 cm³/mol. The molecule has 0 aliphatic carbocycles. The lowest BCUT2D eigenvalue weighted by molar-refractivity contribution is 0.0527. The molecule has 0 atom stereocenters. The van der Waals surface area contributed by atoms with Crippen molar-refractivity contribution in [3.05, 3.63) is 77.2 Å². The molecule has 0 aliphatic heterocycles. The van der Waals surface area contributed by atoms with Crippen molar-refractivity contribution in [2.45, 2.75) is 20.4 Å². The molecule has 0 amide bonds. The minimum absolute atomic E-state index is 0.270. The third-order valence-electron chi connectivity index (χ3n) is 3.91. The third-order valence-corrected chi connectivity index (χ3v) is 3.91. The van der Waals surface area contributed by atoms with Gasteiger partial charge in [0.05, 0.1) is 17.9 Å². The van der Waals surface area contributed by atoms with Gasteiger partial charge >= 0.3 is 5.97 Å². The van der Waals surface area contributed by atoms with Gasteiger partial charge in [-0.3, -0.25) is 0 Å². The Morgan fingerprint density at radius 3 is 2.61 bits per heavy atom. The number of aromatic nitrogens is 2. The topological polar surface area (TPSA) is 76.1 Å². The van der Waals surface area contributed by atoms with Gasteiger partial charge in [0.2, 0.25) is 5.95 Å². The Kier molecular flexibility index (Phi) is 6.16. The maximum Gasteiger partial charge on any atom is 0.340 e. The molecule has 6 nitrogen and oxygen atoms in total. The van der Waals surface area contributed by atoms with Gasteiger partial charge in [0.15, 0.2) is 0 Å². The monoisotopic (exact) mass is 380 g/mol. The number of benzene rings is 2. The molecule has 0 aliphatic rings. The number of hydrogen-bond acceptors (Lipinski definition) is 6. The molecule has 0 saturated carbocycles. The van der Waals surface area contributed by atoms with E-state index >= 15 is 0 Å². The second-order valence-corrected chi connectivity index (χ2v) is 6.09. The summed E-state index contributed by atoms with van der Waals surface area (Å²) in [5, 5.41) is 6.29. The van der Waals surface area contributed by atoms with Crippen molar-refractivity contribution in [1.82, 2.24) is 9.97 Å². The molecule has 0 spiro atoms. The summed E-state index contributed by atoms with van der Waals surface area (Å²) in [6.07, 6.45) is 0. The van der Waals surface area contributed by atoms with Crippen LogP contribution in [0.25, 0.3) is 0 Å². The number of anilines is 3. The molecule has 1 heterocycles. The van der Waals surface area contributed by atoms with Gasteiger partial charge in [0, 0.05) is 18.3 Å². The van der Waals surface area contributed by atoms with Crippen molar-refractivity contribution in [3.63, 3.8) is 0 Å². The van der Waals surface area contributed by atoms with Gasteiger partial charge in [0.25, 0.3) is 0 Å². The Morgan fingerprint density at radius 2 is 1.86 bits per heavy atom. The van der Waals surface area contributed by atoms with Gasteiger partial charge in [-0.05, 0) is 43.7 Å². The minimum Gasteiger partial charge on any atom is -0.462 e. The maximum absolute atomic E-state index is 13.0. The summed E-state index contributed by atoms with van der Waals surface area (Å²) in [6, 6.07) is 15.1. The number of aryl methyl sites for hydroxylation is 1. The number of para-hydroxylation sites is 1. The number of halogens is 1. The Balaban J connectivity index is 1.77. The maximum atomic E-state index is 13.0. The number of carbonyl (C=O) groups excluding carboxylic acids is 1. The highest BCUT2D eigenvalue weighted by Gasteiger charge is 2.13. The SMILES string of the molecule is CCOC(=O)c1ccccc1Nc1nc(C)cc(NCc2ccc(F)cc2)n1. The van der Waals surface area contributed by atoms with Crippen molar-refractivity contribution < 1.29 is 13.9 Å². The van der Waals surface area contributed by atoms with Crippen LogP contribution in [0.15, 0.2) is 54.6 Å². The van der Waals surface area contributed by atoms with Gasteiger partial charge in [-0.1, -0.05) is 24.3 Å². The summed E-state index contributed by atoms with van der Waals surface area (Å²) in [5.41, 5.74) is 2.67. The van der Waals surface area contributed by atoms with E-state index < -0.39 is 5.97 Å². The van der Waals surface area contributed by atoms with E-state index in [0.717, 1.165) is 11.3 Å². The molecule has 3 aromatic rings. The van der Waals surface area contributed by atoms with Crippen molar-refractivity contribution >= 4 is 23.4 Å². The van der Waals surface area contributed by atoms with E-state index in [2.05, 4.69) is 20.6 Å². The van der Waals surface area contributed by atoms with Gasteiger partial charge in [0.1, 0.15) is 11.6 Å². The van der Waals surface area contributed by atoms with E-state index in [9.17, 15) is 9.18 Å². The fourth-order valence-corrected chi connectivity index (χ4v) is 2.61. The highest BCUT2D eigenvalue weighted by molar-refractivity contribution is 5.96. The summed E-state index contributed by atoms with van der Waals surface area (Å²) in [7, 11) is 0. The molecule has 144 valence electrons. The van der Waals surface area contributed by atoms with Gasteiger partial charge in [-0.15, -0.1) is 0 Å². The molecule has 0 bridgehead atoms. The smallest absolute Gasteiger partial charge is 0.340 e. The first-order valence-electron chi connectivity index (χ1n) is 8.92. The second-order valence-electron chi connectivity index (χ2n) is 6.09. The van der Waals surface area contributed by atoms with Crippen LogP contribution in [0.2, 0.25) is 0 Å². The lowest BCUT2D eigenvalue weighted by Crippen LogP contribution is -2.10. The van der Waals surface area contributed by atoms with Crippen LogP contribution >= 0.6 is 0 Å². The zero-order valence-corrected chi connectivity index (χ0v) is 15.7. The van der Waals surface area contributed by atoms with Crippen LogP contribution in [0.3, 0.4) is 0 Å². The largest absolute Gasteiger partial charge is 0.462 e. The Morgan fingerprint density at radius 1 is 1.11 bits per heavy atom. The fourth-order valence-electron chi connectivity index (χ4n) is 2.61. The van der Waals surface area contributed by atoms with Crippen molar-refractivity contribution in [2.75, 3.05) is 17.2 Å². The number of nitrogens with one attached hydrogen (secondary N) is 2. The normalized spacial score (nSPS) is 10.4. The van der Waals surface area contributed by atoms with Crippen LogP contribution in [-0.4, -0.2) is 22.5 Å². The number of nitrogens with zero attached hydrogens (tertiary/aromatic N) is 2. The van der Waals surface area contributed by atoms with E-state index in [4.69, 9.17) is 4.74 Å². The second kappa shape index (κ2) is 8.94. The van der Waals surface area contributed by atoms with Crippen molar-refractivity contribution in [2.24, 2.45) is 0 Å². The van der Waals surface area contributed by atoms with Crippen molar-refractivity contribution in [3.8, 4) is 0 Å². The van der Waals surface area contributed by atoms with Crippen LogP contribution in [0.1, 0.15) is 28.5 Å². The van der Waals surface area contributed by atoms with Crippen LogP contribution < -0.4 is 10.6 Å². The molecule has 28 heavy (non-hydrogen) atoms. The lowest BCUT2D eigenvalue weighted by atomic mass is 10.2. The number of rotatable bonds is 7. The zero-order chi connectivity index (χ0) is 19.9. The quantitative estimate of drug-likeness (QED) is 0.590. The molecule has 0 saturated heterocycles. The summed E-state index contributed by atoms with van der Waals surface area (Å²) >= 11 is 0. The van der Waals surface area contributed by atoms with E-state index in [1.54, 1.807) is 37.3 Å². The molecule has 7 heteroatoms. The molecule has 3 rings (SSSR count). The van der Waals surface area contributed by atoms with Gasteiger partial charge < -0.3 is 15.4 Å². The first-order chi connectivity index (χ1) is 13.5. The first kappa shape index (κ1) is 19.3.